The normalized spacial score (nSPS) is 30.0. The van der Waals surface area contributed by atoms with Gasteiger partial charge in [0.1, 0.15) is 11.9 Å². The second-order valence-corrected chi connectivity index (χ2v) is 6.50. The first-order valence-corrected chi connectivity index (χ1v) is 7.70. The van der Waals surface area contributed by atoms with E-state index in [0.717, 1.165) is 11.3 Å². The zero-order valence-corrected chi connectivity index (χ0v) is 12.9. The zero-order valence-electron chi connectivity index (χ0n) is 12.9. The predicted octanol–water partition coefficient (Wildman–Crippen LogP) is 2.52. The van der Waals surface area contributed by atoms with Crippen LogP contribution >= 0.6 is 0 Å². The fourth-order valence-electron chi connectivity index (χ4n) is 3.96. The molecule has 1 aromatic carbocycles. The van der Waals surface area contributed by atoms with Crippen molar-refractivity contribution in [3.8, 4) is 0 Å². The average molecular weight is 321 g/mol. The molecule has 1 heterocycles. The summed E-state index contributed by atoms with van der Waals surface area (Å²) in [7, 11) is 0. The number of hydrogen-bond donors (Lipinski definition) is 1. The lowest BCUT2D eigenvalue weighted by Gasteiger charge is -2.39. The van der Waals surface area contributed by atoms with E-state index in [4.69, 9.17) is 5.73 Å². The van der Waals surface area contributed by atoms with Gasteiger partial charge in [0.05, 0.1) is 5.41 Å². The Balaban J connectivity index is 2.12. The number of primary amides is 1. The maximum absolute atomic E-state index is 15.7. The van der Waals surface area contributed by atoms with Gasteiger partial charge in [-0.1, -0.05) is 12.8 Å². The van der Waals surface area contributed by atoms with Crippen LogP contribution in [0.4, 0.5) is 14.5 Å². The van der Waals surface area contributed by atoms with E-state index in [1.54, 1.807) is 0 Å². The van der Waals surface area contributed by atoms with Crippen LogP contribution < -0.4 is 10.6 Å². The van der Waals surface area contributed by atoms with Gasteiger partial charge in [0.2, 0.25) is 11.8 Å². The Kier molecular flexibility index (Phi) is 3.65. The number of nitrogens with two attached hydrogens (primary N) is 1. The molecule has 2 amide bonds. The zero-order chi connectivity index (χ0) is 16.8. The Morgan fingerprint density at radius 1 is 1.35 bits per heavy atom. The third-order valence-corrected chi connectivity index (χ3v) is 5.21. The van der Waals surface area contributed by atoms with Gasteiger partial charge >= 0.3 is 0 Å². The molecule has 123 valence electrons. The molecule has 2 fully saturated rings. The van der Waals surface area contributed by atoms with Gasteiger partial charge in [-0.15, -0.1) is 0 Å². The molecule has 2 aliphatic rings. The van der Waals surface area contributed by atoms with E-state index in [-0.39, 0.29) is 12.1 Å². The Bertz CT molecular complexity index is 636. The van der Waals surface area contributed by atoms with E-state index in [9.17, 15) is 14.0 Å². The molecule has 1 saturated heterocycles. The van der Waals surface area contributed by atoms with E-state index in [2.05, 4.69) is 0 Å². The number of benzene rings is 1. The molecule has 0 bridgehead atoms. The molecule has 1 spiro atoms. The summed E-state index contributed by atoms with van der Waals surface area (Å²) in [6, 6.07) is 3.69. The highest BCUT2D eigenvalue weighted by Gasteiger charge is 2.69. The number of alkyl halides is 1. The van der Waals surface area contributed by atoms with Crippen LogP contribution in [0.3, 0.4) is 0 Å². The minimum Gasteiger partial charge on any atom is -0.368 e. The molecule has 23 heavy (non-hydrogen) atoms. The summed E-state index contributed by atoms with van der Waals surface area (Å²) in [6.45, 7) is 1.28. The van der Waals surface area contributed by atoms with E-state index in [1.807, 2.05) is 6.42 Å². The summed E-state index contributed by atoms with van der Waals surface area (Å²) in [6.07, 6.45) is 4.06. The van der Waals surface area contributed by atoms with Crippen molar-refractivity contribution >= 4 is 17.5 Å². The first-order chi connectivity index (χ1) is 10.8. The summed E-state index contributed by atoms with van der Waals surface area (Å²) >= 11 is 0. The Hall–Kier alpha value is -1.98. The third kappa shape index (κ3) is 2.15. The van der Waals surface area contributed by atoms with Gasteiger partial charge in [0.25, 0.3) is 0 Å². The van der Waals surface area contributed by atoms with Gasteiger partial charge in [-0.3, -0.25) is 14.5 Å². The van der Waals surface area contributed by atoms with E-state index in [1.165, 1.54) is 31.2 Å². The number of amides is 2. The van der Waals surface area contributed by atoms with Crippen LogP contribution in [-0.2, 0) is 9.59 Å². The van der Waals surface area contributed by atoms with Gasteiger partial charge in [0.15, 0.2) is 5.67 Å². The topological polar surface area (TPSA) is 63.4 Å². The molecule has 1 radical (unpaired) electrons. The summed E-state index contributed by atoms with van der Waals surface area (Å²) in [5, 5.41) is 0. The van der Waals surface area contributed by atoms with Gasteiger partial charge in [-0.05, 0) is 50.5 Å². The number of carbonyl (C=O) groups is 2. The van der Waals surface area contributed by atoms with Crippen molar-refractivity contribution in [1.82, 2.24) is 0 Å². The van der Waals surface area contributed by atoms with Crippen LogP contribution in [-0.4, -0.2) is 23.5 Å². The van der Waals surface area contributed by atoms with Gasteiger partial charge in [-0.25, -0.2) is 8.78 Å². The molecule has 1 aliphatic heterocycles. The summed E-state index contributed by atoms with van der Waals surface area (Å²) in [5.74, 6) is -1.82. The Morgan fingerprint density at radius 3 is 2.52 bits per heavy atom. The van der Waals surface area contributed by atoms with Crippen molar-refractivity contribution in [2.45, 2.75) is 44.3 Å². The Morgan fingerprint density at radius 2 is 2.00 bits per heavy atom. The molecule has 1 aromatic rings. The highest BCUT2D eigenvalue weighted by Crippen LogP contribution is 2.56. The van der Waals surface area contributed by atoms with Crippen molar-refractivity contribution < 1.29 is 18.4 Å². The lowest BCUT2D eigenvalue weighted by molar-refractivity contribution is -0.132. The first-order valence-electron chi connectivity index (χ1n) is 7.70. The van der Waals surface area contributed by atoms with E-state index < -0.39 is 34.8 Å². The lowest BCUT2D eigenvalue weighted by Crippen LogP contribution is -2.53. The van der Waals surface area contributed by atoms with Crippen LogP contribution in [0.5, 0.6) is 0 Å². The third-order valence-electron chi connectivity index (χ3n) is 5.21. The first kappa shape index (κ1) is 15.9. The van der Waals surface area contributed by atoms with Crippen molar-refractivity contribution in [2.24, 2.45) is 11.1 Å². The smallest absolute Gasteiger partial charge is 0.243 e. The number of rotatable bonds is 2. The molecule has 2 N–H and O–H groups in total. The number of anilines is 1. The van der Waals surface area contributed by atoms with Crippen LogP contribution in [0.15, 0.2) is 24.3 Å². The van der Waals surface area contributed by atoms with Crippen molar-refractivity contribution in [3.05, 3.63) is 36.5 Å². The largest absolute Gasteiger partial charge is 0.368 e. The highest BCUT2D eigenvalue weighted by molar-refractivity contribution is 6.09. The number of halogens is 2. The van der Waals surface area contributed by atoms with Gasteiger partial charge < -0.3 is 5.73 Å². The van der Waals surface area contributed by atoms with Crippen molar-refractivity contribution in [2.75, 3.05) is 4.90 Å². The number of hydrogen-bond acceptors (Lipinski definition) is 2. The van der Waals surface area contributed by atoms with Crippen LogP contribution in [0.25, 0.3) is 0 Å². The van der Waals surface area contributed by atoms with Crippen LogP contribution in [0, 0.1) is 17.7 Å². The highest BCUT2D eigenvalue weighted by atomic mass is 19.1. The lowest BCUT2D eigenvalue weighted by atomic mass is 9.64. The van der Waals surface area contributed by atoms with Crippen LogP contribution in [0.2, 0.25) is 0 Å². The molecule has 3 rings (SSSR count). The maximum atomic E-state index is 15.7. The molecular formula is C17H19F2N2O2. The van der Waals surface area contributed by atoms with Crippen molar-refractivity contribution in [1.29, 1.82) is 0 Å². The minimum absolute atomic E-state index is 0.278. The second kappa shape index (κ2) is 5.28. The van der Waals surface area contributed by atoms with E-state index in [0.29, 0.717) is 12.8 Å². The molecular weight excluding hydrogens is 302 g/mol. The predicted molar refractivity (Wildman–Crippen MR) is 81.6 cm³/mol. The summed E-state index contributed by atoms with van der Waals surface area (Å²) in [5.41, 5.74) is 2.35. The summed E-state index contributed by atoms with van der Waals surface area (Å²) in [4.78, 5) is 26.1. The van der Waals surface area contributed by atoms with Gasteiger partial charge in [0, 0.05) is 5.69 Å². The Labute approximate surface area is 133 Å². The second-order valence-electron chi connectivity index (χ2n) is 6.50. The fraction of sp³-hybridized carbons (Fsp3) is 0.471. The molecule has 0 aromatic heterocycles. The molecule has 3 unspecified atom stereocenters. The number of carbonyl (C=O) groups excluding carboxylic acids is 2. The quantitative estimate of drug-likeness (QED) is 0.910. The molecule has 3 atom stereocenters. The monoisotopic (exact) mass is 321 g/mol. The standard InChI is InChI=1S/C17H19F2N2O2/c1-16(19)13(14(20)22)21(12-7-5-11(18)6-8-12)15(23)17(16)9-3-2-4-10-17/h3,5-8,13H,2,4,9-10H2,1H3,(H2,20,22). The minimum atomic E-state index is -2.08. The van der Waals surface area contributed by atoms with E-state index >= 15 is 4.39 Å². The SMILES string of the molecule is CC1(F)C(C(N)=O)N(c2ccc(F)cc2)C(=O)C12C[CH]CCC2. The molecule has 1 aliphatic carbocycles. The van der Waals surface area contributed by atoms with Crippen LogP contribution in [0.1, 0.15) is 32.6 Å². The molecule has 6 heteroatoms. The molecule has 4 nitrogen and oxygen atoms in total. The van der Waals surface area contributed by atoms with Gasteiger partial charge in [-0.2, -0.15) is 0 Å². The fourth-order valence-corrected chi connectivity index (χ4v) is 3.96. The van der Waals surface area contributed by atoms with Crippen molar-refractivity contribution in [3.63, 3.8) is 0 Å². The maximum Gasteiger partial charge on any atom is 0.243 e. The number of nitrogens with zero attached hydrogens (tertiary/aromatic N) is 1. The average Bonchev–Trinajstić information content (AvgIpc) is 2.67. The molecule has 1 saturated carbocycles. The summed E-state index contributed by atoms with van der Waals surface area (Å²) < 4.78 is 28.8.